The van der Waals surface area contributed by atoms with Crippen LogP contribution in [0.15, 0.2) is 70.8 Å². The summed E-state index contributed by atoms with van der Waals surface area (Å²) in [6.45, 7) is 8.55. The summed E-state index contributed by atoms with van der Waals surface area (Å²) < 4.78 is 4.86. The zero-order valence-electron chi connectivity index (χ0n) is 18.5. The number of aryl methyl sites for hydroxylation is 2. The van der Waals surface area contributed by atoms with Crippen molar-refractivity contribution in [3.63, 3.8) is 0 Å². The van der Waals surface area contributed by atoms with Gasteiger partial charge in [0.1, 0.15) is 11.8 Å². The molecule has 8 nitrogen and oxygen atoms in total. The molecule has 1 aliphatic carbocycles. The zero-order valence-corrected chi connectivity index (χ0v) is 18.5. The Morgan fingerprint density at radius 3 is 2.06 bits per heavy atom. The molecule has 1 atom stereocenters. The molecule has 1 aromatic carbocycles. The minimum Gasteiger partial charge on any atom is -0.446 e. The number of furan rings is 1. The molecule has 0 bridgehead atoms. The molecule has 8 heteroatoms. The van der Waals surface area contributed by atoms with Crippen LogP contribution in [0.1, 0.15) is 30.2 Å². The fourth-order valence-electron chi connectivity index (χ4n) is 2.21. The first-order chi connectivity index (χ1) is 15.0. The van der Waals surface area contributed by atoms with Crippen LogP contribution >= 0.6 is 0 Å². The molecule has 1 aromatic heterocycles. The molecule has 0 amide bonds. The van der Waals surface area contributed by atoms with Gasteiger partial charge in [-0.2, -0.15) is 15.8 Å². The van der Waals surface area contributed by atoms with Gasteiger partial charge in [-0.1, -0.05) is 18.7 Å². The second kappa shape index (κ2) is 13.7. The molecule has 1 heterocycles. The third-order valence-corrected chi connectivity index (χ3v) is 3.82. The highest BCUT2D eigenvalue weighted by atomic mass is 16.3. The molecular formula is C24H28N6O2. The van der Waals surface area contributed by atoms with Gasteiger partial charge in [0.25, 0.3) is 0 Å². The van der Waals surface area contributed by atoms with E-state index in [2.05, 4.69) is 6.58 Å². The Labute approximate surface area is 188 Å². The molecule has 0 saturated carbocycles. The molecule has 32 heavy (non-hydrogen) atoms. The van der Waals surface area contributed by atoms with E-state index in [9.17, 15) is 5.11 Å². The lowest BCUT2D eigenvalue weighted by Gasteiger charge is -2.22. The van der Waals surface area contributed by atoms with Crippen LogP contribution in [0.3, 0.4) is 0 Å². The lowest BCUT2D eigenvalue weighted by atomic mass is 9.91. The summed E-state index contributed by atoms with van der Waals surface area (Å²) in [6.07, 6.45) is 4.66. The molecule has 0 saturated heterocycles. The van der Waals surface area contributed by atoms with Crippen molar-refractivity contribution >= 4 is 11.6 Å². The highest BCUT2D eigenvalue weighted by Crippen LogP contribution is 2.23. The summed E-state index contributed by atoms with van der Waals surface area (Å²) in [7, 11) is 0. The number of anilines is 2. The zero-order chi connectivity index (χ0) is 24.7. The fraction of sp³-hybridized carbons (Fsp3) is 0.208. The van der Waals surface area contributed by atoms with Crippen molar-refractivity contribution < 1.29 is 9.52 Å². The fourth-order valence-corrected chi connectivity index (χ4v) is 2.21. The number of hydrogen-bond acceptors (Lipinski definition) is 8. The van der Waals surface area contributed by atoms with Gasteiger partial charge >= 0.3 is 0 Å². The van der Waals surface area contributed by atoms with E-state index >= 15 is 0 Å². The Morgan fingerprint density at radius 1 is 1.09 bits per heavy atom. The minimum absolute atomic E-state index is 0.311. The van der Waals surface area contributed by atoms with Crippen LogP contribution in [0.4, 0.5) is 11.6 Å². The van der Waals surface area contributed by atoms with Crippen molar-refractivity contribution in [2.24, 2.45) is 5.73 Å². The number of hydrogen-bond donors (Lipinski definition) is 4. The first-order valence-corrected chi connectivity index (χ1v) is 9.38. The SMILES string of the molecule is C=CC#N.CC1(O)C=CC(N)=C(C#N)C1.Cc1ccc(N)c(C#N)c1.Cc1ccc(N)o1. The van der Waals surface area contributed by atoms with E-state index in [0.717, 1.165) is 11.3 Å². The van der Waals surface area contributed by atoms with Gasteiger partial charge in [0, 0.05) is 29.9 Å². The molecular weight excluding hydrogens is 404 g/mol. The van der Waals surface area contributed by atoms with Crippen LogP contribution in [-0.4, -0.2) is 10.7 Å². The van der Waals surface area contributed by atoms with Crippen molar-refractivity contribution in [1.29, 1.82) is 15.8 Å². The van der Waals surface area contributed by atoms with E-state index in [1.807, 2.05) is 38.1 Å². The van der Waals surface area contributed by atoms with Gasteiger partial charge in [-0.25, -0.2) is 0 Å². The normalized spacial score (nSPS) is 15.7. The molecule has 2 aromatic rings. The molecule has 3 rings (SSSR count). The summed E-state index contributed by atoms with van der Waals surface area (Å²) in [5.41, 5.74) is 18.3. The van der Waals surface area contributed by atoms with E-state index in [-0.39, 0.29) is 0 Å². The highest BCUT2D eigenvalue weighted by Gasteiger charge is 2.23. The van der Waals surface area contributed by atoms with Crippen molar-refractivity contribution in [3.8, 4) is 18.2 Å². The van der Waals surface area contributed by atoms with Crippen molar-refractivity contribution in [1.82, 2.24) is 0 Å². The van der Waals surface area contributed by atoms with Gasteiger partial charge < -0.3 is 26.7 Å². The van der Waals surface area contributed by atoms with Gasteiger partial charge in [-0.15, -0.1) is 0 Å². The predicted octanol–water partition coefficient (Wildman–Crippen LogP) is 3.75. The largest absolute Gasteiger partial charge is 0.446 e. The Bertz CT molecular complexity index is 1070. The van der Waals surface area contributed by atoms with Crippen LogP contribution < -0.4 is 17.2 Å². The number of nitrogens with zero attached hydrogens (tertiary/aromatic N) is 3. The number of aliphatic hydroxyl groups is 1. The molecule has 0 radical (unpaired) electrons. The Balaban J connectivity index is 0.000000423. The van der Waals surface area contributed by atoms with E-state index in [1.165, 1.54) is 6.08 Å². The van der Waals surface area contributed by atoms with Gasteiger partial charge in [0.15, 0.2) is 5.88 Å². The van der Waals surface area contributed by atoms with Crippen molar-refractivity contribution in [2.45, 2.75) is 32.8 Å². The van der Waals surface area contributed by atoms with Crippen molar-refractivity contribution in [2.75, 3.05) is 11.5 Å². The number of nitrogen functional groups attached to an aromatic ring is 2. The second-order valence-corrected chi connectivity index (χ2v) is 6.90. The maximum atomic E-state index is 9.47. The lowest BCUT2D eigenvalue weighted by Crippen LogP contribution is -2.25. The van der Waals surface area contributed by atoms with Gasteiger partial charge in [0.05, 0.1) is 28.9 Å². The third-order valence-electron chi connectivity index (χ3n) is 3.82. The predicted molar refractivity (Wildman–Crippen MR) is 125 cm³/mol. The van der Waals surface area contributed by atoms with E-state index < -0.39 is 5.60 Å². The minimum atomic E-state index is -0.909. The molecule has 7 N–H and O–H groups in total. The molecule has 1 aliphatic rings. The second-order valence-electron chi connectivity index (χ2n) is 6.90. The van der Waals surface area contributed by atoms with Crippen LogP contribution in [0.25, 0.3) is 0 Å². The average molecular weight is 433 g/mol. The number of benzene rings is 1. The summed E-state index contributed by atoms with van der Waals surface area (Å²) in [5.74, 6) is 1.34. The topological polar surface area (TPSA) is 183 Å². The Kier molecular flexibility index (Phi) is 11.8. The molecule has 166 valence electrons. The summed E-state index contributed by atoms with van der Waals surface area (Å²) in [6, 6.07) is 14.6. The highest BCUT2D eigenvalue weighted by molar-refractivity contribution is 5.54. The number of rotatable bonds is 0. The van der Waals surface area contributed by atoms with E-state index in [0.29, 0.717) is 34.8 Å². The van der Waals surface area contributed by atoms with Gasteiger partial charge in [-0.3, -0.25) is 0 Å². The number of nitriles is 3. The van der Waals surface area contributed by atoms with E-state index in [1.54, 1.807) is 43.3 Å². The average Bonchev–Trinajstić information content (AvgIpc) is 3.15. The smallest absolute Gasteiger partial charge is 0.190 e. The summed E-state index contributed by atoms with van der Waals surface area (Å²) in [4.78, 5) is 0. The van der Waals surface area contributed by atoms with Crippen LogP contribution in [0.5, 0.6) is 0 Å². The standard InChI is InChI=1S/C8H10N2O.C8H8N2.C5H7NO.C3H3N/c1-8(11)3-2-7(10)6(4-8)5-9;1-6-2-3-8(10)7(4-6)5-9;1-4-2-3-5(6)7-4;1-2-3-4/h2-3,11H,4,10H2,1H3;2-4H,10H2,1H3;2-3H,6H2,1H3;2H,1H2. The maximum absolute atomic E-state index is 9.47. The van der Waals surface area contributed by atoms with Crippen LogP contribution in [-0.2, 0) is 0 Å². The monoisotopic (exact) mass is 432 g/mol. The molecule has 0 aliphatic heterocycles. The van der Waals surface area contributed by atoms with Crippen molar-refractivity contribution in [3.05, 3.63) is 83.3 Å². The number of allylic oxidation sites excluding steroid dienone is 2. The quantitative estimate of drug-likeness (QED) is 0.358. The third kappa shape index (κ3) is 10.9. The van der Waals surface area contributed by atoms with Crippen LogP contribution in [0, 0.1) is 47.8 Å². The number of nitrogens with two attached hydrogens (primary N) is 3. The van der Waals surface area contributed by atoms with E-state index in [4.69, 9.17) is 37.4 Å². The van der Waals surface area contributed by atoms with Gasteiger partial charge in [-0.05, 0) is 50.6 Å². The lowest BCUT2D eigenvalue weighted by molar-refractivity contribution is 0.111. The Hall–Kier alpha value is -4.45. The maximum Gasteiger partial charge on any atom is 0.190 e. The summed E-state index contributed by atoms with van der Waals surface area (Å²) >= 11 is 0. The molecule has 1 unspecified atom stereocenters. The Morgan fingerprint density at radius 2 is 1.72 bits per heavy atom. The first kappa shape index (κ1) is 27.5. The van der Waals surface area contributed by atoms with Gasteiger partial charge in [0.2, 0.25) is 0 Å². The molecule has 0 fully saturated rings. The summed E-state index contributed by atoms with van der Waals surface area (Å²) in [5, 5.41) is 34.0. The molecule has 0 spiro atoms. The first-order valence-electron chi connectivity index (χ1n) is 9.38. The van der Waals surface area contributed by atoms with Crippen LogP contribution in [0.2, 0.25) is 0 Å².